The third-order valence-electron chi connectivity index (χ3n) is 5.40. The first-order valence-corrected chi connectivity index (χ1v) is 10.1. The number of amides is 2. The zero-order valence-corrected chi connectivity index (χ0v) is 18.4. The van der Waals surface area contributed by atoms with Crippen LogP contribution in [0.3, 0.4) is 0 Å². The Labute approximate surface area is 186 Å². The van der Waals surface area contributed by atoms with E-state index in [2.05, 4.69) is 5.32 Å². The minimum atomic E-state index is -0.344. The van der Waals surface area contributed by atoms with Gasteiger partial charge in [0.2, 0.25) is 11.7 Å². The average Bonchev–Trinajstić information content (AvgIpc) is 2.82. The summed E-state index contributed by atoms with van der Waals surface area (Å²) in [5.74, 6) is 0.520. The maximum atomic E-state index is 13.4. The van der Waals surface area contributed by atoms with Gasteiger partial charge in [-0.05, 0) is 42.3 Å². The van der Waals surface area contributed by atoms with Crippen LogP contribution in [0.5, 0.6) is 17.2 Å². The van der Waals surface area contributed by atoms with E-state index in [0.29, 0.717) is 34.2 Å². The van der Waals surface area contributed by atoms with Crippen molar-refractivity contribution < 1.29 is 23.8 Å². The lowest BCUT2D eigenvalue weighted by Crippen LogP contribution is -2.42. The van der Waals surface area contributed by atoms with Gasteiger partial charge < -0.3 is 19.5 Å². The molecule has 3 aromatic carbocycles. The Morgan fingerprint density at radius 1 is 0.875 bits per heavy atom. The number of carbonyl (C=O) groups excluding carboxylic acids is 2. The fourth-order valence-electron chi connectivity index (χ4n) is 3.76. The topological polar surface area (TPSA) is 77.1 Å². The minimum absolute atomic E-state index is 0.0909. The molecule has 0 fully saturated rings. The molecule has 0 radical (unpaired) electrons. The summed E-state index contributed by atoms with van der Waals surface area (Å²) in [5, 5.41) is 2.88. The second kappa shape index (κ2) is 8.63. The third kappa shape index (κ3) is 3.85. The molecule has 0 saturated heterocycles. The van der Waals surface area contributed by atoms with Crippen LogP contribution in [0.2, 0.25) is 0 Å². The molecule has 1 aliphatic heterocycles. The van der Waals surface area contributed by atoms with Crippen LogP contribution < -0.4 is 24.4 Å². The molecule has 3 aromatic rings. The molecule has 0 aliphatic carbocycles. The number of methoxy groups -OCH3 is 3. The van der Waals surface area contributed by atoms with Gasteiger partial charge >= 0.3 is 0 Å². The van der Waals surface area contributed by atoms with Gasteiger partial charge in [0.05, 0.1) is 32.7 Å². The van der Waals surface area contributed by atoms with Crippen molar-refractivity contribution >= 4 is 23.2 Å². The van der Waals surface area contributed by atoms with Crippen molar-refractivity contribution in [3.05, 3.63) is 65.7 Å². The van der Waals surface area contributed by atoms with E-state index in [0.717, 1.165) is 11.1 Å². The lowest BCUT2D eigenvalue weighted by molar-refractivity contribution is -0.115. The summed E-state index contributed by atoms with van der Waals surface area (Å²) < 4.78 is 16.1. The molecular formula is C25H24N2O5. The number of hydrogen-bond acceptors (Lipinski definition) is 5. The van der Waals surface area contributed by atoms with Crippen molar-refractivity contribution in [1.82, 2.24) is 0 Å². The molecule has 1 aliphatic rings. The van der Waals surface area contributed by atoms with Crippen LogP contribution in [-0.4, -0.2) is 39.7 Å². The summed E-state index contributed by atoms with van der Waals surface area (Å²) >= 11 is 0. The molecule has 32 heavy (non-hydrogen) atoms. The molecule has 7 nitrogen and oxygen atoms in total. The first kappa shape index (κ1) is 21.2. The molecule has 4 rings (SSSR count). The number of rotatable bonds is 5. The van der Waals surface area contributed by atoms with Gasteiger partial charge in [0.1, 0.15) is 6.54 Å². The number of aryl methyl sites for hydroxylation is 1. The standard InChI is InChI=1S/C25H24N2O5/c1-15-5-7-16(8-6-15)17-9-10-20-19(11-17)26-23(28)14-27(20)25(29)18-12-21(30-2)24(32-4)22(13-18)31-3/h5-13H,14H2,1-4H3,(H,26,28). The van der Waals surface area contributed by atoms with Gasteiger partial charge in [0, 0.05) is 5.56 Å². The van der Waals surface area contributed by atoms with Crippen molar-refractivity contribution in [2.75, 3.05) is 38.1 Å². The van der Waals surface area contributed by atoms with Crippen LogP contribution in [-0.2, 0) is 4.79 Å². The summed E-state index contributed by atoms with van der Waals surface area (Å²) in [6, 6.07) is 17.0. The maximum absolute atomic E-state index is 13.4. The first-order chi connectivity index (χ1) is 15.4. The Balaban J connectivity index is 1.74. The lowest BCUT2D eigenvalue weighted by atomic mass is 10.0. The van der Waals surface area contributed by atoms with E-state index in [1.165, 1.54) is 31.8 Å². The van der Waals surface area contributed by atoms with E-state index in [1.54, 1.807) is 12.1 Å². The molecule has 0 aromatic heterocycles. The van der Waals surface area contributed by atoms with Gasteiger partial charge in [-0.2, -0.15) is 0 Å². The number of fused-ring (bicyclic) bond motifs is 1. The summed E-state index contributed by atoms with van der Waals surface area (Å²) in [6.45, 7) is 1.94. The normalized spacial score (nSPS) is 12.6. The predicted molar refractivity (Wildman–Crippen MR) is 123 cm³/mol. The van der Waals surface area contributed by atoms with Crippen molar-refractivity contribution in [1.29, 1.82) is 0 Å². The van der Waals surface area contributed by atoms with E-state index < -0.39 is 0 Å². The fourth-order valence-corrected chi connectivity index (χ4v) is 3.76. The number of benzene rings is 3. The number of carbonyl (C=O) groups is 2. The second-order valence-electron chi connectivity index (χ2n) is 7.45. The van der Waals surface area contributed by atoms with Crippen LogP contribution in [0.25, 0.3) is 11.1 Å². The molecule has 1 heterocycles. The number of anilines is 2. The zero-order valence-electron chi connectivity index (χ0n) is 18.4. The van der Waals surface area contributed by atoms with Crippen molar-refractivity contribution in [2.24, 2.45) is 0 Å². The molecular weight excluding hydrogens is 408 g/mol. The predicted octanol–water partition coefficient (Wildman–Crippen LogP) is 4.29. The van der Waals surface area contributed by atoms with E-state index in [-0.39, 0.29) is 18.4 Å². The van der Waals surface area contributed by atoms with Crippen LogP contribution in [0.15, 0.2) is 54.6 Å². The highest BCUT2D eigenvalue weighted by Gasteiger charge is 2.29. The molecule has 0 unspecified atom stereocenters. The number of hydrogen-bond donors (Lipinski definition) is 1. The second-order valence-corrected chi connectivity index (χ2v) is 7.45. The van der Waals surface area contributed by atoms with E-state index in [4.69, 9.17) is 14.2 Å². The molecule has 164 valence electrons. The first-order valence-electron chi connectivity index (χ1n) is 10.1. The zero-order chi connectivity index (χ0) is 22.8. The summed E-state index contributed by atoms with van der Waals surface area (Å²) in [4.78, 5) is 27.3. The highest BCUT2D eigenvalue weighted by molar-refractivity contribution is 6.15. The Morgan fingerprint density at radius 2 is 1.50 bits per heavy atom. The maximum Gasteiger partial charge on any atom is 0.259 e. The molecule has 1 N–H and O–H groups in total. The summed E-state index contributed by atoms with van der Waals surface area (Å²) in [6.07, 6.45) is 0. The molecule has 0 saturated carbocycles. The van der Waals surface area contributed by atoms with Gasteiger partial charge in [-0.1, -0.05) is 35.9 Å². The number of nitrogens with zero attached hydrogens (tertiary/aromatic N) is 1. The van der Waals surface area contributed by atoms with Gasteiger partial charge in [0.25, 0.3) is 5.91 Å². The van der Waals surface area contributed by atoms with Crippen molar-refractivity contribution in [2.45, 2.75) is 6.92 Å². The van der Waals surface area contributed by atoms with Gasteiger partial charge in [0.15, 0.2) is 11.5 Å². The van der Waals surface area contributed by atoms with Crippen molar-refractivity contribution in [3.8, 4) is 28.4 Å². The van der Waals surface area contributed by atoms with Crippen LogP contribution >= 0.6 is 0 Å². The molecule has 2 amide bonds. The summed E-state index contributed by atoms with van der Waals surface area (Å²) in [5.41, 5.74) is 4.68. The molecule has 7 heteroatoms. The van der Waals surface area contributed by atoms with E-state index in [1.807, 2.05) is 49.4 Å². The Bertz CT molecular complexity index is 1160. The fraction of sp³-hybridized carbons (Fsp3) is 0.200. The van der Waals surface area contributed by atoms with Crippen LogP contribution in [0.1, 0.15) is 15.9 Å². The smallest absolute Gasteiger partial charge is 0.259 e. The Kier molecular flexibility index (Phi) is 5.73. The van der Waals surface area contributed by atoms with Crippen LogP contribution in [0, 0.1) is 6.92 Å². The summed E-state index contributed by atoms with van der Waals surface area (Å²) in [7, 11) is 4.47. The Morgan fingerprint density at radius 3 is 2.09 bits per heavy atom. The minimum Gasteiger partial charge on any atom is -0.493 e. The monoisotopic (exact) mass is 432 g/mol. The Hall–Kier alpha value is -4.00. The van der Waals surface area contributed by atoms with Gasteiger partial charge in [-0.25, -0.2) is 0 Å². The molecule has 0 spiro atoms. The lowest BCUT2D eigenvalue weighted by Gasteiger charge is -2.30. The largest absolute Gasteiger partial charge is 0.493 e. The van der Waals surface area contributed by atoms with Gasteiger partial charge in [-0.15, -0.1) is 0 Å². The SMILES string of the molecule is COc1cc(C(=O)N2CC(=O)Nc3cc(-c4ccc(C)cc4)ccc32)cc(OC)c1OC. The number of ether oxygens (including phenoxy) is 3. The van der Waals surface area contributed by atoms with E-state index in [9.17, 15) is 9.59 Å². The van der Waals surface area contributed by atoms with E-state index >= 15 is 0 Å². The highest BCUT2D eigenvalue weighted by atomic mass is 16.5. The third-order valence-corrected chi connectivity index (χ3v) is 5.40. The van der Waals surface area contributed by atoms with Crippen molar-refractivity contribution in [3.63, 3.8) is 0 Å². The number of nitrogens with one attached hydrogen (secondary N) is 1. The highest BCUT2D eigenvalue weighted by Crippen LogP contribution is 2.40. The van der Waals surface area contributed by atoms with Gasteiger partial charge in [-0.3, -0.25) is 14.5 Å². The molecule has 0 atom stereocenters. The van der Waals surface area contributed by atoms with Crippen LogP contribution in [0.4, 0.5) is 11.4 Å². The quantitative estimate of drug-likeness (QED) is 0.651. The average molecular weight is 432 g/mol. The molecule has 0 bridgehead atoms.